The maximum Gasteiger partial charge on any atom is 0.170 e. The number of aromatic nitrogens is 1. The highest BCUT2D eigenvalue weighted by molar-refractivity contribution is 6.11. The Hall–Kier alpha value is -1.57. The normalized spacial score (nSPS) is 18.6. The molecule has 0 atom stereocenters. The van der Waals surface area contributed by atoms with Crippen LogP contribution in [0.4, 0.5) is 0 Å². The van der Waals surface area contributed by atoms with Crippen molar-refractivity contribution in [1.82, 2.24) is 4.98 Å². The number of rotatable bonds is 2. The molecule has 1 aromatic heterocycles. The summed E-state index contributed by atoms with van der Waals surface area (Å²) in [7, 11) is 0. The van der Waals surface area contributed by atoms with Crippen molar-refractivity contribution in [2.45, 2.75) is 46.0 Å². The molecule has 1 saturated carbocycles. The summed E-state index contributed by atoms with van der Waals surface area (Å²) in [6.45, 7) is 4.22. The summed E-state index contributed by atoms with van der Waals surface area (Å²) in [6, 6.07) is 6.16. The van der Waals surface area contributed by atoms with E-state index in [0.717, 1.165) is 29.3 Å². The van der Waals surface area contributed by atoms with Crippen molar-refractivity contribution in [3.05, 3.63) is 35.5 Å². The minimum Gasteiger partial charge on any atom is -0.360 e. The van der Waals surface area contributed by atoms with Crippen LogP contribution in [0.5, 0.6) is 0 Å². The Morgan fingerprint density at radius 3 is 2.68 bits per heavy atom. The van der Waals surface area contributed by atoms with E-state index < -0.39 is 0 Å². The van der Waals surface area contributed by atoms with E-state index in [0.29, 0.717) is 5.78 Å². The van der Waals surface area contributed by atoms with Gasteiger partial charge in [-0.2, -0.15) is 0 Å². The molecule has 0 bridgehead atoms. The molecule has 1 aliphatic carbocycles. The molecule has 1 N–H and O–H groups in total. The van der Waals surface area contributed by atoms with Gasteiger partial charge in [0.2, 0.25) is 0 Å². The molecule has 0 aliphatic heterocycles. The first-order valence-corrected chi connectivity index (χ1v) is 7.23. The van der Waals surface area contributed by atoms with Gasteiger partial charge in [-0.25, -0.2) is 0 Å². The molecule has 1 aromatic carbocycles. The highest BCUT2D eigenvalue weighted by Gasteiger charge is 2.36. The number of carbonyl (C=O) groups excluding carboxylic acids is 1. The van der Waals surface area contributed by atoms with E-state index in [1.54, 1.807) is 0 Å². The maximum atomic E-state index is 12.9. The van der Waals surface area contributed by atoms with E-state index >= 15 is 0 Å². The Kier molecular flexibility index (Phi) is 2.96. The predicted molar refractivity (Wildman–Crippen MR) is 78.6 cm³/mol. The summed E-state index contributed by atoms with van der Waals surface area (Å²) in [5.41, 5.74) is 2.98. The van der Waals surface area contributed by atoms with E-state index in [4.69, 9.17) is 0 Å². The van der Waals surface area contributed by atoms with E-state index in [9.17, 15) is 4.79 Å². The first-order valence-electron chi connectivity index (χ1n) is 7.23. The third-order valence-corrected chi connectivity index (χ3v) is 4.66. The van der Waals surface area contributed by atoms with Crippen LogP contribution in [0, 0.1) is 12.3 Å². The van der Waals surface area contributed by atoms with Crippen LogP contribution in [0.3, 0.4) is 0 Å². The van der Waals surface area contributed by atoms with Gasteiger partial charge in [-0.15, -0.1) is 0 Å². The number of aryl methyl sites for hydroxylation is 1. The van der Waals surface area contributed by atoms with Crippen LogP contribution < -0.4 is 0 Å². The van der Waals surface area contributed by atoms with Gasteiger partial charge in [0.15, 0.2) is 5.78 Å². The van der Waals surface area contributed by atoms with Gasteiger partial charge in [0.05, 0.1) is 0 Å². The second kappa shape index (κ2) is 4.52. The zero-order valence-corrected chi connectivity index (χ0v) is 11.8. The van der Waals surface area contributed by atoms with Gasteiger partial charge in [0.25, 0.3) is 0 Å². The molecule has 2 aromatic rings. The monoisotopic (exact) mass is 255 g/mol. The summed E-state index contributed by atoms with van der Waals surface area (Å²) < 4.78 is 0. The third kappa shape index (κ3) is 1.99. The molecule has 0 spiro atoms. The van der Waals surface area contributed by atoms with Crippen LogP contribution in [0.25, 0.3) is 10.9 Å². The molecule has 0 radical (unpaired) electrons. The second-order valence-electron chi connectivity index (χ2n) is 6.15. The van der Waals surface area contributed by atoms with E-state index in [-0.39, 0.29) is 5.41 Å². The summed E-state index contributed by atoms with van der Waals surface area (Å²) >= 11 is 0. The molecule has 19 heavy (non-hydrogen) atoms. The standard InChI is InChI=1S/C17H21NO/c1-12-7-6-8-14-15(12)13(11-18-14)16(19)17(2)9-4-3-5-10-17/h6-8,11,18H,3-5,9-10H2,1-2H3. The van der Waals surface area contributed by atoms with Crippen molar-refractivity contribution >= 4 is 16.7 Å². The number of fused-ring (bicyclic) bond motifs is 1. The molecule has 1 fully saturated rings. The molecular formula is C17H21NO. The fourth-order valence-electron chi connectivity index (χ4n) is 3.43. The lowest BCUT2D eigenvalue weighted by atomic mass is 9.71. The zero-order valence-electron chi connectivity index (χ0n) is 11.8. The largest absolute Gasteiger partial charge is 0.360 e. The second-order valence-corrected chi connectivity index (χ2v) is 6.15. The van der Waals surface area contributed by atoms with Crippen LogP contribution in [-0.4, -0.2) is 10.8 Å². The number of nitrogens with one attached hydrogen (secondary N) is 1. The topological polar surface area (TPSA) is 32.9 Å². The first-order chi connectivity index (χ1) is 9.12. The van der Waals surface area contributed by atoms with Crippen LogP contribution in [-0.2, 0) is 0 Å². The van der Waals surface area contributed by atoms with E-state index in [2.05, 4.69) is 24.9 Å². The van der Waals surface area contributed by atoms with Crippen molar-refractivity contribution in [3.63, 3.8) is 0 Å². The van der Waals surface area contributed by atoms with Crippen molar-refractivity contribution in [1.29, 1.82) is 0 Å². The molecule has 0 amide bonds. The van der Waals surface area contributed by atoms with Gasteiger partial charge in [-0.1, -0.05) is 38.3 Å². The van der Waals surface area contributed by atoms with Gasteiger partial charge in [0.1, 0.15) is 0 Å². The highest BCUT2D eigenvalue weighted by Crippen LogP contribution is 2.40. The Balaban J connectivity index is 2.07. The number of aromatic amines is 1. The number of carbonyl (C=O) groups is 1. The Bertz CT molecular complexity index is 617. The summed E-state index contributed by atoms with van der Waals surface area (Å²) in [5, 5.41) is 1.11. The van der Waals surface area contributed by atoms with Crippen molar-refractivity contribution in [2.75, 3.05) is 0 Å². The molecular weight excluding hydrogens is 234 g/mol. The number of Topliss-reactive ketones (excluding diaryl/α,β-unsaturated/α-hetero) is 1. The number of benzene rings is 1. The summed E-state index contributed by atoms with van der Waals surface area (Å²) in [5.74, 6) is 0.327. The molecule has 2 nitrogen and oxygen atoms in total. The van der Waals surface area contributed by atoms with Crippen LogP contribution in [0.15, 0.2) is 24.4 Å². The van der Waals surface area contributed by atoms with Gasteiger partial charge >= 0.3 is 0 Å². The fourth-order valence-corrected chi connectivity index (χ4v) is 3.43. The molecule has 1 aliphatic rings. The summed E-state index contributed by atoms with van der Waals surface area (Å²) in [4.78, 5) is 16.2. The molecule has 100 valence electrons. The fraction of sp³-hybridized carbons (Fsp3) is 0.471. The lowest BCUT2D eigenvalue weighted by molar-refractivity contribution is 0.0751. The molecule has 3 rings (SSSR count). The average Bonchev–Trinajstić information content (AvgIpc) is 2.84. The quantitative estimate of drug-likeness (QED) is 0.780. The van der Waals surface area contributed by atoms with Gasteiger partial charge in [-0.05, 0) is 31.4 Å². The van der Waals surface area contributed by atoms with Gasteiger partial charge in [0, 0.05) is 28.1 Å². The Labute approximate surface area is 114 Å². The highest BCUT2D eigenvalue weighted by atomic mass is 16.1. The van der Waals surface area contributed by atoms with Crippen molar-refractivity contribution in [3.8, 4) is 0 Å². The zero-order chi connectivity index (χ0) is 13.5. The smallest absolute Gasteiger partial charge is 0.170 e. The van der Waals surface area contributed by atoms with Crippen molar-refractivity contribution < 1.29 is 4.79 Å². The molecule has 2 heteroatoms. The minimum atomic E-state index is -0.157. The number of ketones is 1. The van der Waals surface area contributed by atoms with Crippen molar-refractivity contribution in [2.24, 2.45) is 5.41 Å². The number of H-pyrrole nitrogens is 1. The molecule has 1 heterocycles. The SMILES string of the molecule is Cc1cccc2[nH]cc(C(=O)C3(C)CCCCC3)c12. The minimum absolute atomic E-state index is 0.157. The van der Waals surface area contributed by atoms with E-state index in [1.165, 1.54) is 24.8 Å². The van der Waals surface area contributed by atoms with E-state index in [1.807, 2.05) is 18.3 Å². The lowest BCUT2D eigenvalue weighted by Crippen LogP contribution is -2.30. The molecule has 0 unspecified atom stereocenters. The number of hydrogen-bond donors (Lipinski definition) is 1. The first kappa shape index (κ1) is 12.5. The average molecular weight is 255 g/mol. The van der Waals surface area contributed by atoms with Gasteiger partial charge < -0.3 is 4.98 Å². The maximum absolute atomic E-state index is 12.9. The van der Waals surface area contributed by atoms with Crippen LogP contribution in [0.1, 0.15) is 54.9 Å². The van der Waals surface area contributed by atoms with Crippen LogP contribution >= 0.6 is 0 Å². The van der Waals surface area contributed by atoms with Gasteiger partial charge in [-0.3, -0.25) is 4.79 Å². The Morgan fingerprint density at radius 1 is 1.21 bits per heavy atom. The number of hydrogen-bond acceptors (Lipinski definition) is 1. The van der Waals surface area contributed by atoms with Crippen LogP contribution in [0.2, 0.25) is 0 Å². The predicted octanol–water partition coefficient (Wildman–Crippen LogP) is 4.63. The lowest BCUT2D eigenvalue weighted by Gasteiger charge is -2.31. The summed E-state index contributed by atoms with van der Waals surface area (Å²) in [6.07, 6.45) is 7.61. The Morgan fingerprint density at radius 2 is 1.95 bits per heavy atom. The third-order valence-electron chi connectivity index (χ3n) is 4.66. The molecule has 0 saturated heterocycles.